The van der Waals surface area contributed by atoms with E-state index in [0.717, 1.165) is 31.0 Å². The molecule has 0 saturated carbocycles. The van der Waals surface area contributed by atoms with E-state index in [9.17, 15) is 4.79 Å². The fourth-order valence-electron chi connectivity index (χ4n) is 2.45. The summed E-state index contributed by atoms with van der Waals surface area (Å²) in [5, 5.41) is 4.88. The number of aromatic nitrogens is 2. The highest BCUT2D eigenvalue weighted by Crippen LogP contribution is 2.16. The maximum Gasteiger partial charge on any atom is 0.268 e. The van der Waals surface area contributed by atoms with Crippen LogP contribution in [0.15, 0.2) is 17.1 Å². The van der Waals surface area contributed by atoms with Crippen LogP contribution in [-0.2, 0) is 11.3 Å². The van der Waals surface area contributed by atoms with Gasteiger partial charge >= 0.3 is 0 Å². The van der Waals surface area contributed by atoms with Crippen molar-refractivity contribution in [3.05, 3.63) is 22.6 Å². The van der Waals surface area contributed by atoms with Crippen LogP contribution >= 0.6 is 11.8 Å². The molecule has 0 aliphatic carbocycles. The average molecular weight is 326 g/mol. The van der Waals surface area contributed by atoms with E-state index in [-0.39, 0.29) is 11.7 Å². The molecule has 0 aromatic carbocycles. The number of aryl methyl sites for hydroxylation is 1. The third-order valence-corrected chi connectivity index (χ3v) is 4.69. The molecular formula is C15H26N4O2S. The Hall–Kier alpha value is -1.05. The van der Waals surface area contributed by atoms with Gasteiger partial charge in [-0.15, -0.1) is 0 Å². The van der Waals surface area contributed by atoms with E-state index in [2.05, 4.69) is 23.8 Å². The summed E-state index contributed by atoms with van der Waals surface area (Å²) in [4.78, 5) is 14.3. The molecule has 1 fully saturated rings. The van der Waals surface area contributed by atoms with Gasteiger partial charge in [-0.2, -0.15) is 16.9 Å². The van der Waals surface area contributed by atoms with E-state index >= 15 is 0 Å². The van der Waals surface area contributed by atoms with Crippen molar-refractivity contribution in [2.75, 3.05) is 36.9 Å². The van der Waals surface area contributed by atoms with Crippen LogP contribution in [0, 0.1) is 0 Å². The number of nitrogens with zero attached hydrogens (tertiary/aromatic N) is 3. The summed E-state index contributed by atoms with van der Waals surface area (Å²) < 4.78 is 7.21. The summed E-state index contributed by atoms with van der Waals surface area (Å²) in [5.74, 6) is 0.903. The Balaban J connectivity index is 1.97. The van der Waals surface area contributed by atoms with Crippen molar-refractivity contribution >= 4 is 17.4 Å². The zero-order valence-corrected chi connectivity index (χ0v) is 14.2. The molecule has 0 radical (unpaired) electrons. The molecule has 0 spiro atoms. The third kappa shape index (κ3) is 5.00. The average Bonchev–Trinajstić information content (AvgIpc) is 2.49. The first-order valence-corrected chi connectivity index (χ1v) is 8.90. The van der Waals surface area contributed by atoms with Gasteiger partial charge in [0.1, 0.15) is 0 Å². The predicted molar refractivity (Wildman–Crippen MR) is 91.7 cm³/mol. The molecule has 1 aromatic heterocycles. The zero-order valence-electron chi connectivity index (χ0n) is 13.4. The lowest BCUT2D eigenvalue weighted by Gasteiger charge is -2.34. The fraction of sp³-hybridized carbons (Fsp3) is 0.733. The van der Waals surface area contributed by atoms with Crippen LogP contribution in [0.4, 0.5) is 5.69 Å². The Morgan fingerprint density at radius 2 is 2.36 bits per heavy atom. The van der Waals surface area contributed by atoms with Crippen LogP contribution < -0.4 is 16.2 Å². The van der Waals surface area contributed by atoms with Crippen molar-refractivity contribution in [3.8, 4) is 0 Å². The lowest BCUT2D eigenvalue weighted by molar-refractivity contribution is 0.0368. The molecule has 1 aliphatic heterocycles. The molecule has 2 heterocycles. The molecule has 0 bridgehead atoms. The van der Waals surface area contributed by atoms with E-state index in [1.54, 1.807) is 12.3 Å². The fourth-order valence-corrected chi connectivity index (χ4v) is 3.20. The van der Waals surface area contributed by atoms with Gasteiger partial charge in [0.05, 0.1) is 31.1 Å². The molecule has 2 rings (SSSR count). The SMILES string of the molecule is CC(C)SCCn1ncc(N2CCO[C@H](CCN)C2)cc1=O. The molecule has 1 aliphatic rings. The first-order chi connectivity index (χ1) is 10.6. The summed E-state index contributed by atoms with van der Waals surface area (Å²) in [6, 6.07) is 1.68. The maximum atomic E-state index is 12.2. The molecule has 7 heteroatoms. The van der Waals surface area contributed by atoms with Gasteiger partial charge in [0.25, 0.3) is 5.56 Å². The first-order valence-electron chi connectivity index (χ1n) is 7.85. The van der Waals surface area contributed by atoms with E-state index < -0.39 is 0 Å². The number of anilines is 1. The number of morpholine rings is 1. The minimum absolute atomic E-state index is 0.0382. The molecule has 2 N–H and O–H groups in total. The molecule has 1 saturated heterocycles. The van der Waals surface area contributed by atoms with Crippen LogP contribution in [0.5, 0.6) is 0 Å². The summed E-state index contributed by atoms with van der Waals surface area (Å²) in [7, 11) is 0. The second-order valence-corrected chi connectivity index (χ2v) is 7.40. The third-order valence-electron chi connectivity index (χ3n) is 3.60. The first kappa shape index (κ1) is 17.3. The second-order valence-electron chi connectivity index (χ2n) is 5.71. The Kier molecular flexibility index (Phi) is 6.72. The van der Waals surface area contributed by atoms with Crippen molar-refractivity contribution in [2.24, 2.45) is 5.73 Å². The van der Waals surface area contributed by atoms with Gasteiger partial charge in [-0.1, -0.05) is 13.8 Å². The topological polar surface area (TPSA) is 73.4 Å². The molecule has 22 heavy (non-hydrogen) atoms. The van der Waals surface area contributed by atoms with Crippen molar-refractivity contribution < 1.29 is 4.74 Å². The Labute approximate surface area is 136 Å². The lowest BCUT2D eigenvalue weighted by atomic mass is 10.2. The highest BCUT2D eigenvalue weighted by atomic mass is 32.2. The maximum absolute atomic E-state index is 12.2. The second kappa shape index (κ2) is 8.55. The normalized spacial score (nSPS) is 18.9. The van der Waals surface area contributed by atoms with Crippen LogP contribution in [-0.4, -0.2) is 53.1 Å². The minimum Gasteiger partial charge on any atom is -0.374 e. The number of rotatable bonds is 7. The Morgan fingerprint density at radius 1 is 1.55 bits per heavy atom. The molecule has 1 aromatic rings. The monoisotopic (exact) mass is 326 g/mol. The number of ether oxygens (including phenoxy) is 1. The molecule has 124 valence electrons. The van der Waals surface area contributed by atoms with Gasteiger partial charge in [-0.3, -0.25) is 4.79 Å². The Morgan fingerprint density at radius 3 is 3.05 bits per heavy atom. The predicted octanol–water partition coefficient (Wildman–Crippen LogP) is 0.939. The van der Waals surface area contributed by atoms with Crippen molar-refractivity contribution in [1.82, 2.24) is 9.78 Å². The highest BCUT2D eigenvalue weighted by molar-refractivity contribution is 7.99. The Bertz CT molecular complexity index is 519. The van der Waals surface area contributed by atoms with E-state index in [1.807, 2.05) is 11.8 Å². The molecule has 0 amide bonds. The van der Waals surface area contributed by atoms with E-state index in [4.69, 9.17) is 10.5 Å². The molecule has 1 atom stereocenters. The summed E-state index contributed by atoms with van der Waals surface area (Å²) in [6.45, 7) is 7.80. The van der Waals surface area contributed by atoms with Crippen molar-refractivity contribution in [2.45, 2.75) is 38.2 Å². The van der Waals surface area contributed by atoms with Crippen LogP contribution in [0.2, 0.25) is 0 Å². The minimum atomic E-state index is -0.0382. The quantitative estimate of drug-likeness (QED) is 0.804. The zero-order chi connectivity index (χ0) is 15.9. The van der Waals surface area contributed by atoms with Crippen LogP contribution in [0.1, 0.15) is 20.3 Å². The van der Waals surface area contributed by atoms with Crippen LogP contribution in [0.25, 0.3) is 0 Å². The van der Waals surface area contributed by atoms with Gasteiger partial charge in [-0.05, 0) is 18.2 Å². The number of nitrogens with two attached hydrogens (primary N) is 1. The number of hydrogen-bond donors (Lipinski definition) is 1. The molecule has 0 unspecified atom stereocenters. The number of thioether (sulfide) groups is 1. The largest absolute Gasteiger partial charge is 0.374 e. The number of hydrogen-bond acceptors (Lipinski definition) is 6. The highest BCUT2D eigenvalue weighted by Gasteiger charge is 2.20. The van der Waals surface area contributed by atoms with Gasteiger partial charge in [0.2, 0.25) is 0 Å². The van der Waals surface area contributed by atoms with Gasteiger partial charge in [-0.25, -0.2) is 4.68 Å². The van der Waals surface area contributed by atoms with Crippen molar-refractivity contribution in [3.63, 3.8) is 0 Å². The standard InChI is InChI=1S/C15H26N4O2S/c1-12(2)22-8-6-19-15(20)9-13(10-17-19)18-5-7-21-14(11-18)3-4-16/h9-10,12,14H,3-8,11,16H2,1-2H3/t14-/m1/s1. The van der Waals surface area contributed by atoms with E-state index in [1.165, 1.54) is 4.68 Å². The summed E-state index contributed by atoms with van der Waals surface area (Å²) in [6.07, 6.45) is 2.77. The smallest absolute Gasteiger partial charge is 0.268 e. The summed E-state index contributed by atoms with van der Waals surface area (Å²) >= 11 is 1.83. The van der Waals surface area contributed by atoms with E-state index in [0.29, 0.717) is 24.9 Å². The van der Waals surface area contributed by atoms with Gasteiger partial charge < -0.3 is 15.4 Å². The van der Waals surface area contributed by atoms with Crippen LogP contribution in [0.3, 0.4) is 0 Å². The molecule has 6 nitrogen and oxygen atoms in total. The molecular weight excluding hydrogens is 300 g/mol. The van der Waals surface area contributed by atoms with Crippen molar-refractivity contribution in [1.29, 1.82) is 0 Å². The van der Waals surface area contributed by atoms with Gasteiger partial charge in [0, 0.05) is 24.9 Å². The van der Waals surface area contributed by atoms with Gasteiger partial charge in [0.15, 0.2) is 0 Å². The summed E-state index contributed by atoms with van der Waals surface area (Å²) in [5.41, 5.74) is 6.43. The lowest BCUT2D eigenvalue weighted by Crippen LogP contribution is -2.44.